The van der Waals surface area contributed by atoms with Crippen LogP contribution in [0, 0.1) is 0 Å². The minimum absolute atomic E-state index is 0.0388. The molecular weight excluding hydrogens is 342 g/mol. The molecule has 0 N–H and O–H groups in total. The van der Waals surface area contributed by atoms with Gasteiger partial charge in [0, 0.05) is 13.1 Å². The molecule has 0 radical (unpaired) electrons. The zero-order chi connectivity index (χ0) is 16.6. The van der Waals surface area contributed by atoms with Crippen LogP contribution in [0.15, 0.2) is 12.1 Å². The van der Waals surface area contributed by atoms with Gasteiger partial charge >= 0.3 is 0 Å². The van der Waals surface area contributed by atoms with Crippen LogP contribution in [0.3, 0.4) is 0 Å². The lowest BCUT2D eigenvalue weighted by Gasteiger charge is -2.24. The highest BCUT2D eigenvalue weighted by Crippen LogP contribution is 2.38. The summed E-state index contributed by atoms with van der Waals surface area (Å²) in [5.41, 5.74) is 0.719. The fraction of sp³-hybridized carbons (Fsp3) is 0.533. The minimum atomic E-state index is -3.02. The van der Waals surface area contributed by atoms with Crippen LogP contribution in [-0.2, 0) is 21.1 Å². The van der Waals surface area contributed by atoms with Crippen LogP contribution in [0.25, 0.3) is 0 Å². The fourth-order valence-corrected chi connectivity index (χ4v) is 4.91. The van der Waals surface area contributed by atoms with Gasteiger partial charge in [-0.2, -0.15) is 0 Å². The van der Waals surface area contributed by atoms with Gasteiger partial charge in [0.25, 0.3) is 0 Å². The third kappa shape index (κ3) is 3.55. The van der Waals surface area contributed by atoms with Gasteiger partial charge in [0.15, 0.2) is 21.3 Å². The lowest BCUT2D eigenvalue weighted by Crippen LogP contribution is -2.38. The zero-order valence-corrected chi connectivity index (χ0v) is 14.3. The molecule has 1 aromatic rings. The predicted molar refractivity (Wildman–Crippen MR) is 86.0 cm³/mol. The molecule has 8 heteroatoms. The van der Waals surface area contributed by atoms with Crippen molar-refractivity contribution in [2.75, 3.05) is 31.8 Å². The SMILES string of the molecule is CN(C(=O)Cc1cc(Cl)c2c(c1)OCCO2)C1CCS(=O)(=O)C1. The van der Waals surface area contributed by atoms with E-state index in [1.807, 2.05) is 0 Å². The van der Waals surface area contributed by atoms with E-state index in [2.05, 4.69) is 0 Å². The summed E-state index contributed by atoms with van der Waals surface area (Å²) < 4.78 is 34.0. The van der Waals surface area contributed by atoms with Crippen molar-refractivity contribution in [3.8, 4) is 11.5 Å². The molecule has 2 heterocycles. The van der Waals surface area contributed by atoms with Gasteiger partial charge in [0.2, 0.25) is 5.91 Å². The van der Waals surface area contributed by atoms with Crippen LogP contribution >= 0.6 is 11.6 Å². The number of hydrogen-bond donors (Lipinski definition) is 0. The zero-order valence-electron chi connectivity index (χ0n) is 12.7. The van der Waals surface area contributed by atoms with E-state index in [-0.39, 0.29) is 29.9 Å². The van der Waals surface area contributed by atoms with E-state index in [9.17, 15) is 13.2 Å². The normalized spacial score (nSPS) is 21.9. The summed E-state index contributed by atoms with van der Waals surface area (Å²) in [5, 5.41) is 0.413. The molecule has 1 saturated heterocycles. The van der Waals surface area contributed by atoms with Gasteiger partial charge in [0.1, 0.15) is 13.2 Å². The molecule has 2 aliphatic heterocycles. The Hall–Kier alpha value is -1.47. The third-order valence-electron chi connectivity index (χ3n) is 4.16. The summed E-state index contributed by atoms with van der Waals surface area (Å²) >= 11 is 6.17. The molecule has 1 aromatic carbocycles. The Morgan fingerprint density at radius 1 is 1.35 bits per heavy atom. The van der Waals surface area contributed by atoms with Crippen molar-refractivity contribution >= 4 is 27.3 Å². The average molecular weight is 360 g/mol. The number of fused-ring (bicyclic) bond motifs is 1. The molecule has 2 aliphatic rings. The standard InChI is InChI=1S/C15H18ClNO5S/c1-17(11-2-5-23(19,20)9-11)14(18)8-10-6-12(16)15-13(7-10)21-3-4-22-15/h6-7,11H,2-5,8-9H2,1H3. The number of sulfone groups is 1. The number of nitrogens with zero attached hydrogens (tertiary/aromatic N) is 1. The van der Waals surface area contributed by atoms with E-state index >= 15 is 0 Å². The smallest absolute Gasteiger partial charge is 0.227 e. The number of ether oxygens (including phenoxy) is 2. The molecule has 1 unspecified atom stereocenters. The number of carbonyl (C=O) groups excluding carboxylic acids is 1. The van der Waals surface area contributed by atoms with Crippen LogP contribution in [0.2, 0.25) is 5.02 Å². The van der Waals surface area contributed by atoms with E-state index in [0.717, 1.165) is 5.56 Å². The van der Waals surface area contributed by atoms with Crippen molar-refractivity contribution in [2.24, 2.45) is 0 Å². The molecule has 0 aromatic heterocycles. The van der Waals surface area contributed by atoms with Gasteiger partial charge in [-0.15, -0.1) is 0 Å². The van der Waals surface area contributed by atoms with Crippen LogP contribution in [0.5, 0.6) is 11.5 Å². The fourth-order valence-electron chi connectivity index (χ4n) is 2.85. The van der Waals surface area contributed by atoms with E-state index in [1.165, 1.54) is 4.90 Å². The summed E-state index contributed by atoms with van der Waals surface area (Å²) in [6.45, 7) is 0.893. The Morgan fingerprint density at radius 3 is 2.78 bits per heavy atom. The molecule has 0 spiro atoms. The molecule has 1 atom stereocenters. The highest BCUT2D eigenvalue weighted by atomic mass is 35.5. The molecule has 3 rings (SSSR count). The first-order chi connectivity index (χ1) is 10.9. The second kappa shape index (κ2) is 6.20. The first-order valence-corrected chi connectivity index (χ1v) is 9.60. The summed E-state index contributed by atoms with van der Waals surface area (Å²) in [5.74, 6) is 1.09. The molecule has 1 fully saturated rings. The van der Waals surface area contributed by atoms with Crippen molar-refractivity contribution in [3.63, 3.8) is 0 Å². The van der Waals surface area contributed by atoms with E-state index in [0.29, 0.717) is 36.2 Å². The topological polar surface area (TPSA) is 72.9 Å². The van der Waals surface area contributed by atoms with Gasteiger partial charge in [0.05, 0.1) is 22.9 Å². The Kier molecular flexibility index (Phi) is 4.42. The van der Waals surface area contributed by atoms with E-state index in [4.69, 9.17) is 21.1 Å². The lowest BCUT2D eigenvalue weighted by atomic mass is 10.1. The number of benzene rings is 1. The second-order valence-corrected chi connectivity index (χ2v) is 8.48. The molecule has 1 amide bonds. The van der Waals surface area contributed by atoms with Gasteiger partial charge in [-0.25, -0.2) is 8.42 Å². The number of halogens is 1. The van der Waals surface area contributed by atoms with Crippen LogP contribution in [0.1, 0.15) is 12.0 Å². The first kappa shape index (κ1) is 16.4. The highest BCUT2D eigenvalue weighted by molar-refractivity contribution is 7.91. The Labute approximate surface area is 140 Å². The largest absolute Gasteiger partial charge is 0.486 e. The van der Waals surface area contributed by atoms with Gasteiger partial charge in [-0.1, -0.05) is 11.6 Å². The van der Waals surface area contributed by atoms with Gasteiger partial charge in [-0.05, 0) is 24.1 Å². The summed E-state index contributed by atoms with van der Waals surface area (Å²) in [7, 11) is -1.37. The number of hydrogen-bond acceptors (Lipinski definition) is 5. The minimum Gasteiger partial charge on any atom is -0.486 e. The number of rotatable bonds is 3. The summed E-state index contributed by atoms with van der Waals surface area (Å²) in [6.07, 6.45) is 0.635. The highest BCUT2D eigenvalue weighted by Gasteiger charge is 2.32. The quantitative estimate of drug-likeness (QED) is 0.813. The Balaban J connectivity index is 1.72. The van der Waals surface area contributed by atoms with Crippen LogP contribution in [-0.4, -0.2) is 57.0 Å². The summed E-state index contributed by atoms with van der Waals surface area (Å²) in [4.78, 5) is 13.9. The maximum absolute atomic E-state index is 12.4. The molecule has 0 saturated carbocycles. The van der Waals surface area contributed by atoms with Crippen molar-refractivity contribution < 1.29 is 22.7 Å². The maximum atomic E-state index is 12.4. The molecule has 126 valence electrons. The summed E-state index contributed by atoms with van der Waals surface area (Å²) in [6, 6.07) is 3.18. The second-order valence-electron chi connectivity index (χ2n) is 5.84. The Morgan fingerprint density at radius 2 is 2.09 bits per heavy atom. The van der Waals surface area contributed by atoms with Crippen LogP contribution in [0.4, 0.5) is 0 Å². The van der Waals surface area contributed by atoms with Crippen molar-refractivity contribution in [1.82, 2.24) is 4.90 Å². The molecule has 0 bridgehead atoms. The van der Waals surface area contributed by atoms with Crippen molar-refractivity contribution in [1.29, 1.82) is 0 Å². The average Bonchev–Trinajstić information content (AvgIpc) is 2.86. The molecular formula is C15H18ClNO5S. The Bertz CT molecular complexity index is 734. The third-order valence-corrected chi connectivity index (χ3v) is 6.19. The number of carbonyl (C=O) groups is 1. The van der Waals surface area contributed by atoms with E-state index in [1.54, 1.807) is 19.2 Å². The van der Waals surface area contributed by atoms with Gasteiger partial charge in [-0.3, -0.25) is 4.79 Å². The molecule has 6 nitrogen and oxygen atoms in total. The first-order valence-electron chi connectivity index (χ1n) is 7.40. The van der Waals surface area contributed by atoms with Gasteiger partial charge < -0.3 is 14.4 Å². The van der Waals surface area contributed by atoms with Crippen LogP contribution < -0.4 is 9.47 Å². The lowest BCUT2D eigenvalue weighted by molar-refractivity contribution is -0.130. The number of likely N-dealkylation sites (N-methyl/N-ethyl adjacent to an activating group) is 1. The van der Waals surface area contributed by atoms with E-state index < -0.39 is 9.84 Å². The number of amides is 1. The molecule has 0 aliphatic carbocycles. The maximum Gasteiger partial charge on any atom is 0.227 e. The predicted octanol–water partition coefficient (Wildman–Crippen LogP) is 1.30. The van der Waals surface area contributed by atoms with Crippen molar-refractivity contribution in [3.05, 3.63) is 22.7 Å². The molecule has 23 heavy (non-hydrogen) atoms. The van der Waals surface area contributed by atoms with Crippen molar-refractivity contribution in [2.45, 2.75) is 18.9 Å². The monoisotopic (exact) mass is 359 g/mol.